The minimum Gasteiger partial charge on any atom is -0.481 e. The average Bonchev–Trinajstić information content (AvgIpc) is 2.66. The van der Waals surface area contributed by atoms with Gasteiger partial charge >= 0.3 is 17.9 Å². The summed E-state index contributed by atoms with van der Waals surface area (Å²) in [6.07, 6.45) is -1.53. The van der Waals surface area contributed by atoms with E-state index in [4.69, 9.17) is 21.1 Å². The van der Waals surface area contributed by atoms with Gasteiger partial charge < -0.3 is 37.0 Å². The number of amides is 3. The topological polar surface area (TPSA) is 225 Å². The number of rotatable bonds is 15. The van der Waals surface area contributed by atoms with Gasteiger partial charge in [-0.1, -0.05) is 13.8 Å². The Kier molecular flexibility index (Phi) is 13.0. The maximum absolute atomic E-state index is 12.6. The van der Waals surface area contributed by atoms with Crippen LogP contribution in [0.2, 0.25) is 0 Å². The lowest BCUT2D eigenvalue weighted by Crippen LogP contribution is -2.57. The third-order valence-electron chi connectivity index (χ3n) is 4.15. The summed E-state index contributed by atoms with van der Waals surface area (Å²) < 4.78 is 0. The van der Waals surface area contributed by atoms with Crippen molar-refractivity contribution < 1.29 is 44.1 Å². The van der Waals surface area contributed by atoms with Gasteiger partial charge in [-0.05, 0) is 18.8 Å². The van der Waals surface area contributed by atoms with E-state index >= 15 is 0 Å². The maximum atomic E-state index is 12.6. The molecule has 32 heavy (non-hydrogen) atoms. The number of carboxylic acids is 3. The van der Waals surface area contributed by atoms with E-state index in [1.165, 1.54) is 0 Å². The summed E-state index contributed by atoms with van der Waals surface area (Å²) in [5.41, 5.74) is 5.77. The van der Waals surface area contributed by atoms with E-state index in [0.29, 0.717) is 6.42 Å². The SMILES string of the molecule is CC(C)CC(N)C(=O)NC(CS)C(=O)NC(CCC(=O)O)C(=O)NC(CC(=O)O)C(=O)O. The number of carboxylic acid groups (broad SMARTS) is 3. The molecule has 0 spiro atoms. The van der Waals surface area contributed by atoms with Crippen LogP contribution in [-0.2, 0) is 28.8 Å². The summed E-state index contributed by atoms with van der Waals surface area (Å²) in [5, 5.41) is 33.3. The highest BCUT2D eigenvalue weighted by Crippen LogP contribution is 2.05. The molecule has 182 valence electrons. The zero-order valence-electron chi connectivity index (χ0n) is 17.7. The monoisotopic (exact) mass is 478 g/mol. The summed E-state index contributed by atoms with van der Waals surface area (Å²) >= 11 is 3.99. The fourth-order valence-corrected chi connectivity index (χ4v) is 2.80. The van der Waals surface area contributed by atoms with Crippen LogP contribution in [0.5, 0.6) is 0 Å². The molecule has 0 saturated heterocycles. The summed E-state index contributed by atoms with van der Waals surface area (Å²) in [6, 6.07) is -5.39. The quantitative estimate of drug-likeness (QED) is 0.123. The van der Waals surface area contributed by atoms with Gasteiger partial charge in [0.1, 0.15) is 18.1 Å². The molecule has 0 aromatic carbocycles. The van der Waals surface area contributed by atoms with Crippen molar-refractivity contribution in [1.29, 1.82) is 0 Å². The lowest BCUT2D eigenvalue weighted by Gasteiger charge is -2.24. The Hall–Kier alpha value is -2.87. The number of hydrogen-bond donors (Lipinski definition) is 8. The van der Waals surface area contributed by atoms with Crippen molar-refractivity contribution in [2.45, 2.75) is 63.7 Å². The summed E-state index contributed by atoms with van der Waals surface area (Å²) in [4.78, 5) is 70.0. The number of carbonyl (C=O) groups excluding carboxylic acids is 3. The first kappa shape index (κ1) is 29.1. The second-order valence-corrected chi connectivity index (χ2v) is 7.84. The normalized spacial score (nSPS) is 14.5. The third kappa shape index (κ3) is 11.5. The molecule has 0 aliphatic rings. The van der Waals surface area contributed by atoms with Gasteiger partial charge in [0.05, 0.1) is 12.5 Å². The smallest absolute Gasteiger partial charge is 0.326 e. The highest BCUT2D eigenvalue weighted by molar-refractivity contribution is 7.80. The fourth-order valence-electron chi connectivity index (χ4n) is 2.54. The molecular formula is C18H30N4O9S. The Morgan fingerprint density at radius 2 is 1.31 bits per heavy atom. The second-order valence-electron chi connectivity index (χ2n) is 7.47. The Balaban J connectivity index is 5.35. The van der Waals surface area contributed by atoms with E-state index in [-0.39, 0.29) is 11.7 Å². The fraction of sp³-hybridized carbons (Fsp3) is 0.667. The van der Waals surface area contributed by atoms with E-state index < -0.39 is 79.1 Å². The number of aliphatic carboxylic acids is 3. The second kappa shape index (κ2) is 14.2. The van der Waals surface area contributed by atoms with Gasteiger partial charge in [-0.15, -0.1) is 0 Å². The van der Waals surface area contributed by atoms with Crippen LogP contribution in [0.15, 0.2) is 0 Å². The molecule has 0 aromatic rings. The molecule has 0 fully saturated rings. The minimum atomic E-state index is -1.79. The zero-order chi connectivity index (χ0) is 25.0. The Bertz CT molecular complexity index is 717. The molecule has 0 heterocycles. The third-order valence-corrected chi connectivity index (χ3v) is 4.52. The van der Waals surface area contributed by atoms with Gasteiger partial charge in [0.15, 0.2) is 0 Å². The van der Waals surface area contributed by atoms with Crippen LogP contribution in [-0.4, -0.2) is 80.9 Å². The first-order valence-corrected chi connectivity index (χ1v) is 10.4. The van der Waals surface area contributed by atoms with Crippen molar-refractivity contribution in [3.8, 4) is 0 Å². The van der Waals surface area contributed by atoms with E-state index in [1.807, 2.05) is 19.2 Å². The summed E-state index contributed by atoms with van der Waals surface area (Å²) in [5.74, 6) is -7.02. The highest BCUT2D eigenvalue weighted by Gasteiger charge is 2.31. The van der Waals surface area contributed by atoms with Crippen molar-refractivity contribution in [3.63, 3.8) is 0 Å². The average molecular weight is 479 g/mol. The van der Waals surface area contributed by atoms with Crippen LogP contribution in [0.25, 0.3) is 0 Å². The van der Waals surface area contributed by atoms with Gasteiger partial charge in [-0.2, -0.15) is 12.6 Å². The van der Waals surface area contributed by atoms with Gasteiger partial charge in [-0.25, -0.2) is 4.79 Å². The molecule has 0 bridgehead atoms. The minimum absolute atomic E-state index is 0.121. The van der Waals surface area contributed by atoms with E-state index in [9.17, 15) is 28.8 Å². The molecule has 4 atom stereocenters. The predicted octanol–water partition coefficient (Wildman–Crippen LogP) is -1.83. The van der Waals surface area contributed by atoms with Crippen molar-refractivity contribution >= 4 is 48.3 Å². The molecule has 0 aliphatic carbocycles. The highest BCUT2D eigenvalue weighted by atomic mass is 32.1. The van der Waals surface area contributed by atoms with Crippen molar-refractivity contribution in [1.82, 2.24) is 16.0 Å². The van der Waals surface area contributed by atoms with Gasteiger partial charge in [-0.3, -0.25) is 24.0 Å². The van der Waals surface area contributed by atoms with Crippen LogP contribution >= 0.6 is 12.6 Å². The van der Waals surface area contributed by atoms with Gasteiger partial charge in [0.25, 0.3) is 0 Å². The predicted molar refractivity (Wildman–Crippen MR) is 114 cm³/mol. The molecule has 0 rings (SSSR count). The number of hydrogen-bond acceptors (Lipinski definition) is 8. The van der Waals surface area contributed by atoms with E-state index in [1.54, 1.807) is 0 Å². The lowest BCUT2D eigenvalue weighted by molar-refractivity contribution is -0.147. The van der Waals surface area contributed by atoms with Crippen LogP contribution < -0.4 is 21.7 Å². The van der Waals surface area contributed by atoms with Crippen LogP contribution in [0.3, 0.4) is 0 Å². The molecule has 8 N–H and O–H groups in total. The molecule has 4 unspecified atom stereocenters. The molecule has 13 nitrogen and oxygen atoms in total. The standard InChI is InChI=1S/C18H30N4O9S/c1-8(2)5-9(19)15(27)22-12(7-32)17(29)20-10(3-4-13(23)24)16(28)21-11(18(30)31)6-14(25)26/h8-12,32H,3-7,19H2,1-2H3,(H,20,29)(H,21,28)(H,22,27)(H,23,24)(H,25,26)(H,30,31). The first-order chi connectivity index (χ1) is 14.8. The number of nitrogens with one attached hydrogen (secondary N) is 3. The zero-order valence-corrected chi connectivity index (χ0v) is 18.6. The molecule has 0 radical (unpaired) electrons. The summed E-state index contributed by atoms with van der Waals surface area (Å²) in [6.45, 7) is 3.71. The van der Waals surface area contributed by atoms with Crippen molar-refractivity contribution in [2.75, 3.05) is 5.75 Å². The van der Waals surface area contributed by atoms with Crippen molar-refractivity contribution in [2.24, 2.45) is 11.7 Å². The van der Waals surface area contributed by atoms with E-state index in [0.717, 1.165) is 0 Å². The maximum Gasteiger partial charge on any atom is 0.326 e. The Morgan fingerprint density at radius 3 is 1.75 bits per heavy atom. The van der Waals surface area contributed by atoms with Gasteiger partial charge in [0.2, 0.25) is 17.7 Å². The van der Waals surface area contributed by atoms with Crippen LogP contribution in [0.4, 0.5) is 0 Å². The molecule has 0 aliphatic heterocycles. The molecule has 0 aromatic heterocycles. The Morgan fingerprint density at radius 1 is 0.812 bits per heavy atom. The number of thiol groups is 1. The largest absolute Gasteiger partial charge is 0.481 e. The van der Waals surface area contributed by atoms with Crippen LogP contribution in [0, 0.1) is 5.92 Å². The van der Waals surface area contributed by atoms with Crippen molar-refractivity contribution in [3.05, 3.63) is 0 Å². The number of nitrogens with two attached hydrogens (primary N) is 1. The molecule has 14 heteroatoms. The first-order valence-electron chi connectivity index (χ1n) is 9.72. The van der Waals surface area contributed by atoms with E-state index in [2.05, 4.69) is 23.3 Å². The molecular weight excluding hydrogens is 448 g/mol. The number of carbonyl (C=O) groups is 6. The lowest BCUT2D eigenvalue weighted by atomic mass is 10.0. The molecule has 0 saturated carbocycles. The van der Waals surface area contributed by atoms with Gasteiger partial charge in [0, 0.05) is 12.2 Å². The summed E-state index contributed by atoms with van der Waals surface area (Å²) in [7, 11) is 0. The Labute approximate surface area is 189 Å². The van der Waals surface area contributed by atoms with Crippen LogP contribution in [0.1, 0.15) is 39.5 Å². The molecule has 3 amide bonds.